The number of aromatic nitrogens is 2. The number of hydrogen-bond donors (Lipinski definition) is 2. The van der Waals surface area contributed by atoms with Crippen molar-refractivity contribution >= 4 is 11.9 Å². The summed E-state index contributed by atoms with van der Waals surface area (Å²) in [4.78, 5) is 21.9. The molecule has 4 aromatic rings. The maximum atomic E-state index is 11.0. The average molecular weight is 398 g/mol. The third kappa shape index (κ3) is 3.93. The normalized spacial score (nSPS) is 10.5. The van der Waals surface area contributed by atoms with Gasteiger partial charge in [-0.3, -0.25) is 0 Å². The number of aromatic carboxylic acids is 2. The van der Waals surface area contributed by atoms with E-state index in [1.54, 1.807) is 48.5 Å². The number of carbonyl (C=O) groups is 2. The van der Waals surface area contributed by atoms with E-state index in [1.807, 2.05) is 58.2 Å². The second-order valence-electron chi connectivity index (χ2n) is 6.69. The van der Waals surface area contributed by atoms with Crippen molar-refractivity contribution in [1.82, 2.24) is 0 Å². The highest BCUT2D eigenvalue weighted by Crippen LogP contribution is 2.17. The summed E-state index contributed by atoms with van der Waals surface area (Å²) in [5.74, 6) is -1.89. The summed E-state index contributed by atoms with van der Waals surface area (Å²) in [5, 5.41) is 18.0. The molecule has 6 nitrogen and oxygen atoms in total. The van der Waals surface area contributed by atoms with Gasteiger partial charge in [0, 0.05) is 48.5 Å². The Bertz CT molecular complexity index is 1100. The lowest BCUT2D eigenvalue weighted by Crippen LogP contribution is -2.29. The predicted octanol–water partition coefficient (Wildman–Crippen LogP) is 3.30. The minimum atomic E-state index is -0.943. The van der Waals surface area contributed by atoms with E-state index in [9.17, 15) is 9.59 Å². The van der Waals surface area contributed by atoms with Crippen LogP contribution in [0.2, 0.25) is 0 Å². The second-order valence-corrected chi connectivity index (χ2v) is 6.69. The summed E-state index contributed by atoms with van der Waals surface area (Å²) in [7, 11) is 0. The lowest BCUT2D eigenvalue weighted by molar-refractivity contribution is -0.596. The number of rotatable bonds is 5. The Morgan fingerprint density at radius 1 is 0.500 bits per heavy atom. The van der Waals surface area contributed by atoms with Crippen LogP contribution >= 0.6 is 0 Å². The molecule has 2 heterocycles. The minimum absolute atomic E-state index is 0.256. The Morgan fingerprint density at radius 2 is 0.800 bits per heavy atom. The summed E-state index contributed by atoms with van der Waals surface area (Å²) in [5.41, 5.74) is 4.35. The predicted molar refractivity (Wildman–Crippen MR) is 109 cm³/mol. The monoisotopic (exact) mass is 398 g/mol. The molecular weight excluding hydrogens is 380 g/mol. The number of carboxylic acid groups (broad SMARTS) is 2. The molecule has 0 aliphatic carbocycles. The fraction of sp³-hybridized carbons (Fsp3) is 0. The van der Waals surface area contributed by atoms with E-state index >= 15 is 0 Å². The first-order valence-electron chi connectivity index (χ1n) is 9.22. The van der Waals surface area contributed by atoms with Gasteiger partial charge in [0.2, 0.25) is 11.4 Å². The van der Waals surface area contributed by atoms with Crippen LogP contribution in [0.25, 0.3) is 22.5 Å². The fourth-order valence-electron chi connectivity index (χ4n) is 3.13. The van der Waals surface area contributed by atoms with E-state index in [2.05, 4.69) is 0 Å². The first-order valence-corrected chi connectivity index (χ1v) is 9.22. The Morgan fingerprint density at radius 3 is 1.07 bits per heavy atom. The van der Waals surface area contributed by atoms with Crippen LogP contribution in [-0.4, -0.2) is 22.2 Å². The zero-order valence-electron chi connectivity index (χ0n) is 15.8. The largest absolute Gasteiger partial charge is 0.478 e. The molecule has 0 saturated heterocycles. The zero-order chi connectivity index (χ0) is 21.1. The maximum Gasteiger partial charge on any atom is 0.335 e. The highest BCUT2D eigenvalue weighted by molar-refractivity contribution is 5.88. The molecule has 30 heavy (non-hydrogen) atoms. The molecule has 0 amide bonds. The van der Waals surface area contributed by atoms with E-state index in [0.717, 1.165) is 22.5 Å². The Balaban J connectivity index is 1.53. The minimum Gasteiger partial charge on any atom is -0.478 e. The Hall–Kier alpha value is -4.32. The molecule has 2 aromatic heterocycles. The molecule has 0 spiro atoms. The molecule has 0 fully saturated rings. The van der Waals surface area contributed by atoms with Crippen molar-refractivity contribution in [3.05, 3.63) is 109 Å². The summed E-state index contributed by atoms with van der Waals surface area (Å²) < 4.78 is 3.84. The van der Waals surface area contributed by atoms with Crippen molar-refractivity contribution in [2.24, 2.45) is 0 Å². The van der Waals surface area contributed by atoms with Crippen LogP contribution in [0.15, 0.2) is 97.6 Å². The van der Waals surface area contributed by atoms with E-state index in [0.29, 0.717) is 0 Å². The van der Waals surface area contributed by atoms with Crippen LogP contribution in [0.3, 0.4) is 0 Å². The summed E-state index contributed by atoms with van der Waals surface area (Å²) >= 11 is 0. The van der Waals surface area contributed by atoms with Gasteiger partial charge in [0.15, 0.2) is 24.8 Å². The number of nitrogens with zero attached hydrogens (tertiary/aromatic N) is 2. The maximum absolute atomic E-state index is 11.0. The van der Waals surface area contributed by atoms with Crippen molar-refractivity contribution in [3.8, 4) is 22.5 Å². The van der Waals surface area contributed by atoms with E-state index in [4.69, 9.17) is 10.2 Å². The highest BCUT2D eigenvalue weighted by Gasteiger charge is 2.11. The molecule has 0 saturated carbocycles. The van der Waals surface area contributed by atoms with Crippen molar-refractivity contribution in [2.45, 2.75) is 0 Å². The molecular formula is C24H18N2O4+2. The lowest BCUT2D eigenvalue weighted by atomic mass is 10.1. The topological polar surface area (TPSA) is 82.4 Å². The van der Waals surface area contributed by atoms with E-state index in [1.165, 1.54) is 0 Å². The molecule has 146 valence electrons. The standard InChI is InChI=1S/C24H16N2O4/c27-23(28)19-1-5-21(6-2-19)25-13-9-17(10-14-25)18-11-15-26(16-12-18)22-7-3-20(4-8-22)24(29)30/h1-16H/p+2. The molecule has 0 aliphatic rings. The van der Waals surface area contributed by atoms with Crippen LogP contribution in [0.1, 0.15) is 20.7 Å². The third-order valence-corrected chi connectivity index (χ3v) is 4.82. The number of benzene rings is 2. The average Bonchev–Trinajstić information content (AvgIpc) is 2.79. The number of hydrogen-bond acceptors (Lipinski definition) is 2. The first-order chi connectivity index (χ1) is 14.5. The van der Waals surface area contributed by atoms with Crippen molar-refractivity contribution in [3.63, 3.8) is 0 Å². The molecule has 0 aliphatic heterocycles. The Kier molecular flexibility index (Phi) is 5.05. The highest BCUT2D eigenvalue weighted by atomic mass is 16.4. The summed E-state index contributed by atoms with van der Waals surface area (Å²) in [6.45, 7) is 0. The van der Waals surface area contributed by atoms with Gasteiger partial charge in [-0.25, -0.2) is 9.59 Å². The summed E-state index contributed by atoms with van der Waals surface area (Å²) in [6, 6.07) is 21.4. The quantitative estimate of drug-likeness (QED) is 0.506. The molecule has 0 atom stereocenters. The van der Waals surface area contributed by atoms with Gasteiger partial charge in [-0.1, -0.05) is 0 Å². The van der Waals surface area contributed by atoms with Crippen LogP contribution in [0, 0.1) is 0 Å². The van der Waals surface area contributed by atoms with Crippen molar-refractivity contribution < 1.29 is 28.9 Å². The molecule has 0 unspecified atom stereocenters. The van der Waals surface area contributed by atoms with E-state index in [-0.39, 0.29) is 11.1 Å². The Labute approximate surface area is 172 Å². The second kappa shape index (κ2) is 7.97. The van der Waals surface area contributed by atoms with Gasteiger partial charge in [-0.2, -0.15) is 9.13 Å². The molecule has 6 heteroatoms. The van der Waals surface area contributed by atoms with Crippen molar-refractivity contribution in [1.29, 1.82) is 0 Å². The van der Waals surface area contributed by atoms with Gasteiger partial charge in [0.25, 0.3) is 0 Å². The van der Waals surface area contributed by atoms with Crippen LogP contribution in [-0.2, 0) is 0 Å². The van der Waals surface area contributed by atoms with Gasteiger partial charge < -0.3 is 10.2 Å². The molecule has 0 radical (unpaired) electrons. The van der Waals surface area contributed by atoms with Crippen molar-refractivity contribution in [2.75, 3.05) is 0 Å². The van der Waals surface area contributed by atoms with E-state index < -0.39 is 11.9 Å². The first kappa shape index (κ1) is 19.0. The lowest BCUT2D eigenvalue weighted by Gasteiger charge is -2.02. The van der Waals surface area contributed by atoms with Gasteiger partial charge in [0.05, 0.1) is 11.1 Å². The zero-order valence-corrected chi connectivity index (χ0v) is 15.8. The third-order valence-electron chi connectivity index (χ3n) is 4.82. The molecule has 2 N–H and O–H groups in total. The SMILES string of the molecule is O=C(O)c1ccc(-[n+]2ccc(-c3cc[n+](-c4ccc(C(=O)O)cc4)cc3)cc2)cc1. The number of pyridine rings is 2. The van der Waals surface area contributed by atoms with Gasteiger partial charge in [0.1, 0.15) is 0 Å². The smallest absolute Gasteiger partial charge is 0.335 e. The summed E-state index contributed by atoms with van der Waals surface area (Å²) in [6.07, 6.45) is 7.71. The fourth-order valence-corrected chi connectivity index (χ4v) is 3.13. The van der Waals surface area contributed by atoms with Gasteiger partial charge >= 0.3 is 11.9 Å². The molecule has 2 aromatic carbocycles. The van der Waals surface area contributed by atoms with Crippen LogP contribution in [0.4, 0.5) is 0 Å². The van der Waals surface area contributed by atoms with Gasteiger partial charge in [-0.15, -0.1) is 0 Å². The van der Waals surface area contributed by atoms with Gasteiger partial charge in [-0.05, 0) is 35.4 Å². The number of carboxylic acids is 2. The van der Waals surface area contributed by atoms with Crippen LogP contribution in [0.5, 0.6) is 0 Å². The molecule has 0 bridgehead atoms. The van der Waals surface area contributed by atoms with Crippen LogP contribution < -0.4 is 9.13 Å². The molecule has 4 rings (SSSR count).